The predicted molar refractivity (Wildman–Crippen MR) is 83.5 cm³/mol. The molecule has 0 saturated carbocycles. The summed E-state index contributed by atoms with van der Waals surface area (Å²) in [5.74, 6) is 0.466. The van der Waals surface area contributed by atoms with Crippen LogP contribution in [0.5, 0.6) is 5.75 Å². The Morgan fingerprint density at radius 1 is 1.43 bits per heavy atom. The molecule has 0 fully saturated rings. The van der Waals surface area contributed by atoms with Crippen LogP contribution < -0.4 is 15.8 Å². The van der Waals surface area contributed by atoms with Gasteiger partial charge in [0.05, 0.1) is 7.11 Å². The van der Waals surface area contributed by atoms with Gasteiger partial charge in [-0.2, -0.15) is 5.10 Å². The van der Waals surface area contributed by atoms with E-state index in [1.165, 1.54) is 0 Å². The number of methoxy groups -OCH3 is 1. The number of carbonyl (C=O) groups is 1. The Kier molecular flexibility index (Phi) is 6.20. The molecule has 1 heterocycles. The maximum Gasteiger partial charge on any atom is 0.271 e. The molecule has 2 aromatic rings. The number of nitrogens with two attached hydrogens (primary N) is 1. The first-order chi connectivity index (χ1) is 9.65. The summed E-state index contributed by atoms with van der Waals surface area (Å²) in [6.07, 6.45) is 1.73. The third-order valence-corrected chi connectivity index (χ3v) is 2.83. The second-order valence-electron chi connectivity index (χ2n) is 4.37. The number of aromatic nitrogens is 2. The summed E-state index contributed by atoms with van der Waals surface area (Å²) < 4.78 is 6.94. The van der Waals surface area contributed by atoms with Crippen LogP contribution in [0, 0.1) is 6.92 Å². The molecule has 0 aliphatic heterocycles. The fourth-order valence-corrected chi connectivity index (χ4v) is 1.83. The Labute approximate surface area is 129 Å². The lowest BCUT2D eigenvalue weighted by atomic mass is 10.2. The van der Waals surface area contributed by atoms with Gasteiger partial charge in [-0.15, -0.1) is 12.4 Å². The summed E-state index contributed by atoms with van der Waals surface area (Å²) in [4.78, 5) is 11.8. The molecule has 0 aliphatic carbocycles. The van der Waals surface area contributed by atoms with E-state index < -0.39 is 0 Å². The van der Waals surface area contributed by atoms with E-state index >= 15 is 0 Å². The second kappa shape index (κ2) is 7.66. The fraction of sp³-hybridized carbons (Fsp3) is 0.286. The van der Waals surface area contributed by atoms with Crippen LogP contribution in [0.15, 0.2) is 30.5 Å². The number of hydrogen-bond acceptors (Lipinski definition) is 4. The molecule has 3 N–H and O–H groups in total. The summed E-state index contributed by atoms with van der Waals surface area (Å²) in [7, 11) is 1.60. The third kappa shape index (κ3) is 3.96. The van der Waals surface area contributed by atoms with Gasteiger partial charge in [0.2, 0.25) is 0 Å². The molecule has 0 aliphatic rings. The van der Waals surface area contributed by atoms with Crippen molar-refractivity contribution in [2.24, 2.45) is 5.73 Å². The van der Waals surface area contributed by atoms with Crippen molar-refractivity contribution in [3.63, 3.8) is 0 Å². The zero-order valence-corrected chi connectivity index (χ0v) is 12.8. The molecule has 1 aromatic heterocycles. The Balaban J connectivity index is 0.00000220. The molecule has 6 nitrogen and oxygen atoms in total. The molecule has 1 amide bonds. The lowest BCUT2D eigenvalue weighted by molar-refractivity contribution is 0.0949. The van der Waals surface area contributed by atoms with Gasteiger partial charge >= 0.3 is 0 Å². The number of halogens is 1. The highest BCUT2D eigenvalue weighted by molar-refractivity contribution is 5.92. The molecular formula is C14H19ClN4O2. The van der Waals surface area contributed by atoms with E-state index in [4.69, 9.17) is 10.5 Å². The average Bonchev–Trinajstić information content (AvgIpc) is 2.94. The normalized spacial score (nSPS) is 9.86. The molecule has 0 unspecified atom stereocenters. The predicted octanol–water partition coefficient (Wildman–Crippen LogP) is 1.30. The Hall–Kier alpha value is -2.05. The number of aryl methyl sites for hydroxylation is 1. The molecule has 0 radical (unpaired) electrons. The second-order valence-corrected chi connectivity index (χ2v) is 4.37. The zero-order valence-electron chi connectivity index (χ0n) is 12.0. The van der Waals surface area contributed by atoms with E-state index in [1.54, 1.807) is 24.1 Å². The molecule has 0 spiro atoms. The Morgan fingerprint density at radius 3 is 2.86 bits per heavy atom. The van der Waals surface area contributed by atoms with Gasteiger partial charge in [-0.3, -0.25) is 4.79 Å². The van der Waals surface area contributed by atoms with Gasteiger partial charge in [-0.05, 0) is 30.7 Å². The van der Waals surface area contributed by atoms with Gasteiger partial charge in [-0.1, -0.05) is 6.07 Å². The van der Waals surface area contributed by atoms with E-state index in [0.29, 0.717) is 24.5 Å². The lowest BCUT2D eigenvalue weighted by Gasteiger charge is -2.09. The van der Waals surface area contributed by atoms with Crippen LogP contribution >= 0.6 is 12.4 Å². The van der Waals surface area contributed by atoms with Crippen molar-refractivity contribution in [1.82, 2.24) is 15.1 Å². The van der Waals surface area contributed by atoms with Crippen LogP contribution in [0.2, 0.25) is 0 Å². The first kappa shape index (κ1) is 17.0. The SMILES string of the molecule is COc1ccc(C)cc1-n1ccc(C(=O)NCCN)n1.Cl. The standard InChI is InChI=1S/C14H18N4O2.ClH/c1-10-3-4-13(20-2)12(9-10)18-8-5-11(17-18)14(19)16-7-6-15;/h3-5,8-9H,6-7,15H2,1-2H3,(H,16,19);1H. The van der Waals surface area contributed by atoms with Crippen LogP contribution in [-0.4, -0.2) is 35.9 Å². The minimum atomic E-state index is -0.235. The van der Waals surface area contributed by atoms with Gasteiger partial charge in [0.1, 0.15) is 11.4 Å². The van der Waals surface area contributed by atoms with Gasteiger partial charge in [0.15, 0.2) is 5.69 Å². The van der Waals surface area contributed by atoms with Crippen molar-refractivity contribution < 1.29 is 9.53 Å². The van der Waals surface area contributed by atoms with E-state index in [0.717, 1.165) is 11.3 Å². The highest BCUT2D eigenvalue weighted by atomic mass is 35.5. The first-order valence-corrected chi connectivity index (χ1v) is 6.34. The van der Waals surface area contributed by atoms with E-state index in [2.05, 4.69) is 10.4 Å². The maximum absolute atomic E-state index is 11.8. The fourth-order valence-electron chi connectivity index (χ4n) is 1.83. The molecular weight excluding hydrogens is 292 g/mol. The molecule has 21 heavy (non-hydrogen) atoms. The topological polar surface area (TPSA) is 82.2 Å². The molecule has 2 rings (SSSR count). The highest BCUT2D eigenvalue weighted by Gasteiger charge is 2.12. The number of nitrogens with zero attached hydrogens (tertiary/aromatic N) is 2. The number of amides is 1. The van der Waals surface area contributed by atoms with Crippen LogP contribution in [0.1, 0.15) is 16.1 Å². The van der Waals surface area contributed by atoms with E-state index in [9.17, 15) is 4.79 Å². The van der Waals surface area contributed by atoms with Crippen LogP contribution in [0.3, 0.4) is 0 Å². The number of rotatable bonds is 5. The molecule has 0 atom stereocenters. The zero-order chi connectivity index (χ0) is 14.5. The summed E-state index contributed by atoms with van der Waals surface area (Å²) in [5, 5.41) is 6.95. The van der Waals surface area contributed by atoms with Crippen molar-refractivity contribution >= 4 is 18.3 Å². The summed E-state index contributed by atoms with van der Waals surface area (Å²) >= 11 is 0. The molecule has 0 bridgehead atoms. The third-order valence-electron chi connectivity index (χ3n) is 2.83. The van der Waals surface area contributed by atoms with Crippen molar-refractivity contribution in [3.05, 3.63) is 41.7 Å². The van der Waals surface area contributed by atoms with E-state index in [1.807, 2.05) is 25.1 Å². The minimum absolute atomic E-state index is 0. The van der Waals surface area contributed by atoms with Gasteiger partial charge < -0.3 is 15.8 Å². The average molecular weight is 311 g/mol. The number of nitrogens with one attached hydrogen (secondary N) is 1. The summed E-state index contributed by atoms with van der Waals surface area (Å²) in [5.41, 5.74) is 7.58. The van der Waals surface area contributed by atoms with Crippen LogP contribution in [-0.2, 0) is 0 Å². The smallest absolute Gasteiger partial charge is 0.271 e. The summed E-state index contributed by atoms with van der Waals surface area (Å²) in [6, 6.07) is 7.45. The van der Waals surface area contributed by atoms with Crippen LogP contribution in [0.4, 0.5) is 0 Å². The largest absolute Gasteiger partial charge is 0.494 e. The number of carbonyl (C=O) groups excluding carboxylic acids is 1. The molecule has 0 saturated heterocycles. The van der Waals surface area contributed by atoms with Gasteiger partial charge in [0.25, 0.3) is 5.91 Å². The Bertz CT molecular complexity index is 613. The number of hydrogen-bond donors (Lipinski definition) is 2. The van der Waals surface area contributed by atoms with Crippen molar-refractivity contribution in [3.8, 4) is 11.4 Å². The molecule has 114 valence electrons. The lowest BCUT2D eigenvalue weighted by Crippen LogP contribution is -2.29. The van der Waals surface area contributed by atoms with Gasteiger partial charge in [0, 0.05) is 19.3 Å². The minimum Gasteiger partial charge on any atom is -0.494 e. The number of ether oxygens (including phenoxy) is 1. The highest BCUT2D eigenvalue weighted by Crippen LogP contribution is 2.23. The van der Waals surface area contributed by atoms with Crippen molar-refractivity contribution in [2.75, 3.05) is 20.2 Å². The number of benzene rings is 1. The quantitative estimate of drug-likeness (QED) is 0.872. The monoisotopic (exact) mass is 310 g/mol. The van der Waals surface area contributed by atoms with Crippen LogP contribution in [0.25, 0.3) is 5.69 Å². The molecule has 7 heteroatoms. The first-order valence-electron chi connectivity index (χ1n) is 6.34. The van der Waals surface area contributed by atoms with Crippen molar-refractivity contribution in [1.29, 1.82) is 0 Å². The Morgan fingerprint density at radius 2 is 2.19 bits per heavy atom. The summed E-state index contributed by atoms with van der Waals surface area (Å²) in [6.45, 7) is 2.82. The van der Waals surface area contributed by atoms with Crippen molar-refractivity contribution in [2.45, 2.75) is 6.92 Å². The van der Waals surface area contributed by atoms with Gasteiger partial charge in [-0.25, -0.2) is 4.68 Å². The molecule has 1 aromatic carbocycles. The van der Waals surface area contributed by atoms with E-state index in [-0.39, 0.29) is 18.3 Å². The maximum atomic E-state index is 11.8.